The van der Waals surface area contributed by atoms with Crippen LogP contribution in [0.3, 0.4) is 0 Å². The van der Waals surface area contributed by atoms with E-state index in [1.54, 1.807) is 6.92 Å². The molecule has 1 unspecified atom stereocenters. The molecule has 0 fully saturated rings. The van der Waals surface area contributed by atoms with Gasteiger partial charge < -0.3 is 9.84 Å². The number of likely N-dealkylation sites (N-methyl/N-ethyl adjacent to an activating group) is 1. The van der Waals surface area contributed by atoms with Gasteiger partial charge in [-0.25, -0.2) is 8.42 Å². The SMILES string of the molecule is CCN1N=CC(=Cc2ccc(C(F)(F)F)c(S(C)(=O)=O)c2OC)C1O. The van der Waals surface area contributed by atoms with Crippen LogP contribution in [0.25, 0.3) is 6.08 Å². The predicted octanol–water partition coefficient (Wildman–Crippen LogP) is 2.14. The van der Waals surface area contributed by atoms with Crippen LogP contribution in [0, 0.1) is 0 Å². The first-order valence-electron chi connectivity index (χ1n) is 7.19. The zero-order chi connectivity index (χ0) is 19.0. The van der Waals surface area contributed by atoms with Gasteiger partial charge in [-0.05, 0) is 19.1 Å². The molecule has 0 bridgehead atoms. The highest BCUT2D eigenvalue weighted by Gasteiger charge is 2.39. The van der Waals surface area contributed by atoms with Crippen molar-refractivity contribution in [1.29, 1.82) is 0 Å². The average molecular weight is 378 g/mol. The predicted molar refractivity (Wildman–Crippen MR) is 86.0 cm³/mol. The number of aliphatic hydroxyl groups excluding tert-OH is 1. The minimum absolute atomic E-state index is 0.0920. The Morgan fingerprint density at radius 3 is 2.48 bits per heavy atom. The molecule has 0 saturated carbocycles. The number of sulfone groups is 1. The third-order valence-electron chi connectivity index (χ3n) is 3.60. The van der Waals surface area contributed by atoms with Gasteiger partial charge in [0.15, 0.2) is 16.1 Å². The molecule has 0 amide bonds. The van der Waals surface area contributed by atoms with E-state index in [1.165, 1.54) is 17.3 Å². The van der Waals surface area contributed by atoms with Crippen LogP contribution in [0.2, 0.25) is 0 Å². The number of methoxy groups -OCH3 is 1. The topological polar surface area (TPSA) is 79.2 Å². The zero-order valence-corrected chi connectivity index (χ0v) is 14.5. The Hall–Kier alpha value is -2.07. The Morgan fingerprint density at radius 2 is 2.04 bits per heavy atom. The summed E-state index contributed by atoms with van der Waals surface area (Å²) in [6.45, 7) is 2.19. The van der Waals surface area contributed by atoms with Crippen LogP contribution < -0.4 is 4.74 Å². The summed E-state index contributed by atoms with van der Waals surface area (Å²) in [7, 11) is -3.14. The van der Waals surface area contributed by atoms with Gasteiger partial charge in [-0.3, -0.25) is 5.01 Å². The number of halogens is 3. The van der Waals surface area contributed by atoms with Gasteiger partial charge in [0.25, 0.3) is 0 Å². The summed E-state index contributed by atoms with van der Waals surface area (Å²) in [5.74, 6) is -0.430. The average Bonchev–Trinajstić information content (AvgIpc) is 2.85. The first-order valence-corrected chi connectivity index (χ1v) is 9.08. The molecule has 25 heavy (non-hydrogen) atoms. The maximum Gasteiger partial charge on any atom is 0.417 e. The van der Waals surface area contributed by atoms with E-state index >= 15 is 0 Å². The smallest absolute Gasteiger partial charge is 0.417 e. The van der Waals surface area contributed by atoms with Crippen LogP contribution in [0.4, 0.5) is 13.2 Å². The van der Waals surface area contributed by atoms with Crippen LogP contribution in [-0.2, 0) is 16.0 Å². The molecule has 138 valence electrons. The Labute approximate surface area is 143 Å². The van der Waals surface area contributed by atoms with Crippen molar-refractivity contribution < 1.29 is 31.4 Å². The molecule has 0 aromatic heterocycles. The largest absolute Gasteiger partial charge is 0.495 e. The highest BCUT2D eigenvalue weighted by atomic mass is 32.2. The maximum atomic E-state index is 13.2. The molecule has 10 heteroatoms. The number of benzene rings is 1. The van der Waals surface area contributed by atoms with Crippen molar-refractivity contribution in [3.63, 3.8) is 0 Å². The van der Waals surface area contributed by atoms with Crippen LogP contribution in [0.5, 0.6) is 5.75 Å². The maximum absolute atomic E-state index is 13.2. The van der Waals surface area contributed by atoms with Crippen molar-refractivity contribution >= 4 is 22.1 Å². The van der Waals surface area contributed by atoms with Crippen LogP contribution in [-0.4, -0.2) is 50.9 Å². The van der Waals surface area contributed by atoms with E-state index in [-0.39, 0.29) is 5.56 Å². The first-order chi connectivity index (χ1) is 11.5. The second kappa shape index (κ2) is 6.68. The lowest BCUT2D eigenvalue weighted by molar-refractivity contribution is -0.140. The summed E-state index contributed by atoms with van der Waals surface area (Å²) in [5, 5.41) is 15.4. The minimum atomic E-state index is -4.86. The summed E-state index contributed by atoms with van der Waals surface area (Å²) in [6, 6.07) is 1.78. The number of hydrogen-bond donors (Lipinski definition) is 1. The second-order valence-corrected chi connectivity index (χ2v) is 7.31. The number of rotatable bonds is 4. The molecule has 0 aliphatic carbocycles. The molecule has 0 radical (unpaired) electrons. The molecule has 1 aliphatic rings. The van der Waals surface area contributed by atoms with E-state index < -0.39 is 38.4 Å². The Kier molecular flexibility index (Phi) is 5.14. The lowest BCUT2D eigenvalue weighted by Crippen LogP contribution is -2.27. The zero-order valence-electron chi connectivity index (χ0n) is 13.7. The summed E-state index contributed by atoms with van der Waals surface area (Å²) in [6.07, 6.45) is -2.55. The monoisotopic (exact) mass is 378 g/mol. The van der Waals surface area contributed by atoms with Gasteiger partial charge in [-0.2, -0.15) is 18.3 Å². The van der Waals surface area contributed by atoms with Crippen LogP contribution in [0.15, 0.2) is 27.7 Å². The third kappa shape index (κ3) is 3.79. The number of alkyl halides is 3. The van der Waals surface area contributed by atoms with Crippen molar-refractivity contribution in [2.24, 2.45) is 5.10 Å². The second-order valence-electron chi connectivity index (χ2n) is 5.35. The van der Waals surface area contributed by atoms with Gasteiger partial charge in [0, 0.05) is 23.9 Å². The van der Waals surface area contributed by atoms with E-state index in [0.717, 1.165) is 13.2 Å². The number of ether oxygens (including phenoxy) is 1. The molecule has 6 nitrogen and oxygen atoms in total. The van der Waals surface area contributed by atoms with E-state index in [2.05, 4.69) is 5.10 Å². The molecule has 1 atom stereocenters. The summed E-state index contributed by atoms with van der Waals surface area (Å²) in [4.78, 5) is -0.936. The molecular weight excluding hydrogens is 361 g/mol. The van der Waals surface area contributed by atoms with Gasteiger partial charge in [0.2, 0.25) is 0 Å². The fraction of sp³-hybridized carbons (Fsp3) is 0.400. The number of hydrazone groups is 1. The standard InChI is InChI=1S/C15H17F3N2O4S/c1-4-20-14(21)10(8-19-20)7-9-5-6-11(15(16,17)18)13(12(9)24-2)25(3,22)23/h5-8,14,21H,4H2,1-3H3. The van der Waals surface area contributed by atoms with Crippen molar-refractivity contribution in [3.8, 4) is 5.75 Å². The Balaban J connectivity index is 2.69. The van der Waals surface area contributed by atoms with Gasteiger partial charge in [-0.1, -0.05) is 6.07 Å². The molecule has 0 spiro atoms. The summed E-state index contributed by atoms with van der Waals surface area (Å²) in [5.41, 5.74) is -0.904. The van der Waals surface area contributed by atoms with Crippen LogP contribution in [0.1, 0.15) is 18.1 Å². The van der Waals surface area contributed by atoms with Crippen molar-refractivity contribution in [3.05, 3.63) is 28.8 Å². The Bertz CT molecular complexity index is 832. The normalized spacial score (nSPS) is 19.7. The summed E-state index contributed by atoms with van der Waals surface area (Å²) >= 11 is 0. The lowest BCUT2D eigenvalue weighted by Gasteiger charge is -2.19. The summed E-state index contributed by atoms with van der Waals surface area (Å²) < 4.78 is 68.4. The molecule has 1 aromatic carbocycles. The number of hydrogen-bond acceptors (Lipinski definition) is 6. The minimum Gasteiger partial charge on any atom is -0.495 e. The first kappa shape index (κ1) is 19.3. The highest BCUT2D eigenvalue weighted by molar-refractivity contribution is 7.90. The lowest BCUT2D eigenvalue weighted by atomic mass is 10.1. The van der Waals surface area contributed by atoms with Gasteiger partial charge in [0.1, 0.15) is 10.6 Å². The molecule has 2 rings (SSSR count). The highest BCUT2D eigenvalue weighted by Crippen LogP contribution is 2.41. The molecule has 0 saturated heterocycles. The van der Waals surface area contributed by atoms with Gasteiger partial charge >= 0.3 is 6.18 Å². The number of aliphatic hydroxyl groups is 1. The van der Waals surface area contributed by atoms with Gasteiger partial charge in [-0.15, -0.1) is 0 Å². The molecule has 1 aliphatic heterocycles. The molecule has 1 aromatic rings. The van der Waals surface area contributed by atoms with E-state index in [4.69, 9.17) is 4.74 Å². The third-order valence-corrected chi connectivity index (χ3v) is 4.75. The fourth-order valence-corrected chi connectivity index (χ4v) is 3.60. The van der Waals surface area contributed by atoms with E-state index in [9.17, 15) is 26.7 Å². The van der Waals surface area contributed by atoms with Crippen molar-refractivity contribution in [2.45, 2.75) is 24.2 Å². The fourth-order valence-electron chi connectivity index (χ4n) is 2.48. The molecule has 1 N–H and O–H groups in total. The van der Waals surface area contributed by atoms with Gasteiger partial charge in [0.05, 0.1) is 18.9 Å². The molecular formula is C15H17F3N2O4S. The van der Waals surface area contributed by atoms with E-state index in [1.807, 2.05) is 0 Å². The molecule has 1 heterocycles. The van der Waals surface area contributed by atoms with E-state index in [0.29, 0.717) is 24.4 Å². The number of nitrogens with zero attached hydrogens (tertiary/aromatic N) is 2. The van der Waals surface area contributed by atoms with Crippen molar-refractivity contribution in [1.82, 2.24) is 5.01 Å². The van der Waals surface area contributed by atoms with Crippen LogP contribution >= 0.6 is 0 Å². The quantitative estimate of drug-likeness (QED) is 0.869. The Morgan fingerprint density at radius 1 is 1.40 bits per heavy atom. The van der Waals surface area contributed by atoms with Crippen molar-refractivity contribution in [2.75, 3.05) is 19.9 Å².